The van der Waals surface area contributed by atoms with Crippen LogP contribution in [0.4, 0.5) is 0 Å². The number of nitrogens with one attached hydrogen (secondary N) is 1. The molecule has 102 heavy (non-hydrogen) atoms. The fraction of sp³-hybridized carbons (Fsp3) is 0.892. The van der Waals surface area contributed by atoms with E-state index in [2.05, 4.69) is 55.6 Å². The first-order valence-corrected chi connectivity index (χ1v) is 41.9. The molecule has 0 spiro atoms. The molecule has 0 aromatic heterocycles. The summed E-state index contributed by atoms with van der Waals surface area (Å²) in [6.07, 6.45) is 53.9. The van der Waals surface area contributed by atoms with Crippen LogP contribution in [0.5, 0.6) is 0 Å². The van der Waals surface area contributed by atoms with Crippen LogP contribution in [0.25, 0.3) is 0 Å². The number of hydrogen-bond donors (Lipinski definition) is 12. The molecule has 17 unspecified atom stereocenters. The Bertz CT molecular complexity index is 2030. The number of unbranched alkanes of at least 4 members (excludes halogenated alkanes) is 45. The number of aliphatic hydroxyl groups is 11. The highest BCUT2D eigenvalue weighted by molar-refractivity contribution is 5.76. The number of carbonyl (C=O) groups is 1. The fourth-order valence-corrected chi connectivity index (χ4v) is 14.1. The molecule has 0 aromatic carbocycles. The Labute approximate surface area is 618 Å². The van der Waals surface area contributed by atoms with Gasteiger partial charge in [0.15, 0.2) is 18.9 Å². The second-order valence-corrected chi connectivity index (χ2v) is 29.9. The Morgan fingerprint density at radius 3 is 1.04 bits per heavy atom. The zero-order valence-corrected chi connectivity index (χ0v) is 64.1. The standard InChI is InChI=1S/C83H153NO18/c1-3-5-7-9-11-13-15-17-19-21-23-25-27-29-31-32-33-35-36-38-40-42-44-46-48-50-52-54-56-58-60-67(88)66(84-71(89)61-59-57-55-53-51-49-47-45-43-41-39-37-34-30-28-26-24-22-20-18-16-14-12-10-8-6-4-2)65-97-81-77(95)74(92)79(69(63-86)99-81)102-83-78(96)75(93)80(70(64-87)100-83)101-82-76(94)73(91)72(90)68(62-85)98-82/h16,18,22,24,50,52,58,60,66-70,72-83,85-88,90-96H,3-15,17,19-21,23,25-49,51,53-57,59,61-65H2,1-2H3,(H,84,89)/b18-16-,24-22-,52-50+,60-58+. The van der Waals surface area contributed by atoms with Crippen LogP contribution < -0.4 is 5.32 Å². The highest BCUT2D eigenvalue weighted by Gasteiger charge is 2.54. The zero-order valence-electron chi connectivity index (χ0n) is 64.1. The molecule has 3 aliphatic rings. The van der Waals surface area contributed by atoms with Crippen LogP contribution in [0, 0.1) is 0 Å². The van der Waals surface area contributed by atoms with Crippen LogP contribution in [0.3, 0.4) is 0 Å². The normalized spacial score (nSPS) is 26.4. The van der Waals surface area contributed by atoms with Gasteiger partial charge in [0.25, 0.3) is 0 Å². The van der Waals surface area contributed by atoms with Crippen LogP contribution in [0.2, 0.25) is 0 Å². The molecular formula is C83H153NO18. The molecule has 0 saturated carbocycles. The summed E-state index contributed by atoms with van der Waals surface area (Å²) in [5, 5.41) is 121. The lowest BCUT2D eigenvalue weighted by Crippen LogP contribution is -2.66. The smallest absolute Gasteiger partial charge is 0.220 e. The van der Waals surface area contributed by atoms with Gasteiger partial charge in [0.1, 0.15) is 73.2 Å². The third kappa shape index (κ3) is 43.1. The van der Waals surface area contributed by atoms with E-state index >= 15 is 0 Å². The second-order valence-electron chi connectivity index (χ2n) is 29.9. The molecule has 3 saturated heterocycles. The van der Waals surface area contributed by atoms with Gasteiger partial charge in [-0.3, -0.25) is 4.79 Å². The lowest BCUT2D eigenvalue weighted by molar-refractivity contribution is -0.379. The van der Waals surface area contributed by atoms with Gasteiger partial charge in [0.2, 0.25) is 5.91 Å². The van der Waals surface area contributed by atoms with E-state index in [4.69, 9.17) is 28.4 Å². The third-order valence-corrected chi connectivity index (χ3v) is 20.8. The molecule has 0 aromatic rings. The minimum atomic E-state index is -1.98. The van der Waals surface area contributed by atoms with Gasteiger partial charge in [-0.15, -0.1) is 0 Å². The number of ether oxygens (including phenoxy) is 6. The highest BCUT2D eigenvalue weighted by atomic mass is 16.8. The monoisotopic (exact) mass is 1450 g/mol. The summed E-state index contributed by atoms with van der Waals surface area (Å²) in [7, 11) is 0. The minimum absolute atomic E-state index is 0.236. The molecule has 19 nitrogen and oxygen atoms in total. The van der Waals surface area contributed by atoms with Gasteiger partial charge in [-0.05, 0) is 64.2 Å². The lowest BCUT2D eigenvalue weighted by atomic mass is 9.96. The molecule has 17 atom stereocenters. The molecule has 3 fully saturated rings. The quantitative estimate of drug-likeness (QED) is 0.0199. The summed E-state index contributed by atoms with van der Waals surface area (Å²) in [6, 6.07) is -0.993. The first kappa shape index (κ1) is 94.0. The van der Waals surface area contributed by atoms with Gasteiger partial charge in [-0.1, -0.05) is 319 Å². The Hall–Kier alpha value is -2.25. The van der Waals surface area contributed by atoms with E-state index in [0.29, 0.717) is 12.8 Å². The predicted molar refractivity (Wildman–Crippen MR) is 406 cm³/mol. The third-order valence-electron chi connectivity index (χ3n) is 20.8. The van der Waals surface area contributed by atoms with Crippen molar-refractivity contribution in [3.8, 4) is 0 Å². The van der Waals surface area contributed by atoms with Crippen molar-refractivity contribution in [2.24, 2.45) is 0 Å². The lowest BCUT2D eigenvalue weighted by Gasteiger charge is -2.48. The average Bonchev–Trinajstić information content (AvgIpc) is 0.782. The van der Waals surface area contributed by atoms with Crippen molar-refractivity contribution >= 4 is 5.91 Å². The zero-order chi connectivity index (χ0) is 73.9. The van der Waals surface area contributed by atoms with Crippen molar-refractivity contribution in [3.63, 3.8) is 0 Å². The molecule has 19 heteroatoms. The van der Waals surface area contributed by atoms with Crippen molar-refractivity contribution in [3.05, 3.63) is 48.6 Å². The summed E-state index contributed by atoms with van der Waals surface area (Å²) in [5.41, 5.74) is 0. The molecule has 3 rings (SSSR count). The largest absolute Gasteiger partial charge is 0.394 e. The van der Waals surface area contributed by atoms with Crippen LogP contribution in [-0.4, -0.2) is 193 Å². The van der Waals surface area contributed by atoms with Gasteiger partial charge < -0.3 is 89.9 Å². The minimum Gasteiger partial charge on any atom is -0.394 e. The maximum atomic E-state index is 13.5. The van der Waals surface area contributed by atoms with E-state index in [-0.39, 0.29) is 18.9 Å². The van der Waals surface area contributed by atoms with Gasteiger partial charge in [0.05, 0.1) is 38.6 Å². The van der Waals surface area contributed by atoms with E-state index in [9.17, 15) is 61.0 Å². The van der Waals surface area contributed by atoms with E-state index in [1.165, 1.54) is 263 Å². The van der Waals surface area contributed by atoms with E-state index in [1.807, 2.05) is 6.08 Å². The number of carbonyl (C=O) groups excluding carboxylic acids is 1. The number of amides is 1. The molecule has 3 aliphatic heterocycles. The SMILES string of the molecule is CCCCCCC/C=C\C/C=C\CCCCCCCCCCCCCCCCCC(=O)NC(COC1OC(CO)C(OC2OC(CO)C(OC3OC(CO)C(O)C(O)C3O)C(O)C2O)C(O)C1O)C(O)/C=C/CC/C=C/CCCCCCCCCCCCCCCCCCCCCCCCCC. The van der Waals surface area contributed by atoms with Crippen molar-refractivity contribution in [1.29, 1.82) is 0 Å². The number of aliphatic hydroxyl groups excluding tert-OH is 11. The van der Waals surface area contributed by atoms with Crippen molar-refractivity contribution in [2.45, 2.75) is 446 Å². The van der Waals surface area contributed by atoms with Crippen molar-refractivity contribution in [1.82, 2.24) is 5.32 Å². The summed E-state index contributed by atoms with van der Waals surface area (Å²) in [4.78, 5) is 13.5. The maximum Gasteiger partial charge on any atom is 0.220 e. The molecule has 0 bridgehead atoms. The molecule has 3 heterocycles. The molecular weight excluding hydrogens is 1300 g/mol. The molecule has 0 aliphatic carbocycles. The summed E-state index contributed by atoms with van der Waals surface area (Å²) >= 11 is 0. The summed E-state index contributed by atoms with van der Waals surface area (Å²) < 4.78 is 34.5. The van der Waals surface area contributed by atoms with E-state index in [1.54, 1.807) is 6.08 Å². The maximum absolute atomic E-state index is 13.5. The van der Waals surface area contributed by atoms with Gasteiger partial charge in [-0.25, -0.2) is 0 Å². The molecule has 12 N–H and O–H groups in total. The number of rotatable bonds is 67. The molecule has 1 amide bonds. The Morgan fingerprint density at radius 1 is 0.353 bits per heavy atom. The van der Waals surface area contributed by atoms with Crippen molar-refractivity contribution < 1.29 is 89.4 Å². The predicted octanol–water partition coefficient (Wildman–Crippen LogP) is 14.5. The first-order valence-electron chi connectivity index (χ1n) is 41.9. The summed E-state index contributed by atoms with van der Waals surface area (Å²) in [6.45, 7) is 1.76. The van der Waals surface area contributed by atoms with Crippen LogP contribution >= 0.6 is 0 Å². The Morgan fingerprint density at radius 2 is 0.657 bits per heavy atom. The van der Waals surface area contributed by atoms with Crippen molar-refractivity contribution in [2.75, 3.05) is 26.4 Å². The first-order chi connectivity index (χ1) is 49.8. The Kier molecular flexibility index (Phi) is 58.6. The number of allylic oxidation sites excluding steroid dienone is 7. The van der Waals surface area contributed by atoms with Gasteiger partial charge >= 0.3 is 0 Å². The van der Waals surface area contributed by atoms with Gasteiger partial charge in [-0.2, -0.15) is 0 Å². The molecule has 0 radical (unpaired) electrons. The van der Waals surface area contributed by atoms with Crippen LogP contribution in [0.1, 0.15) is 341 Å². The van der Waals surface area contributed by atoms with E-state index in [0.717, 1.165) is 44.9 Å². The highest BCUT2D eigenvalue weighted by Crippen LogP contribution is 2.33. The topological polar surface area (TPSA) is 307 Å². The van der Waals surface area contributed by atoms with Gasteiger partial charge in [0, 0.05) is 6.42 Å². The van der Waals surface area contributed by atoms with E-state index < -0.39 is 124 Å². The number of hydrogen-bond acceptors (Lipinski definition) is 18. The Balaban J connectivity index is 1.37. The molecule has 598 valence electrons. The second kappa shape index (κ2) is 63.7. The van der Waals surface area contributed by atoms with Crippen LogP contribution in [0.15, 0.2) is 48.6 Å². The summed E-state index contributed by atoms with van der Waals surface area (Å²) in [5.74, 6) is -0.281. The van der Waals surface area contributed by atoms with Crippen LogP contribution in [-0.2, 0) is 33.2 Å². The fourth-order valence-electron chi connectivity index (χ4n) is 14.1. The average molecular weight is 1450 g/mol.